The van der Waals surface area contributed by atoms with E-state index in [1.807, 2.05) is 18.2 Å². The summed E-state index contributed by atoms with van der Waals surface area (Å²) < 4.78 is 16.3. The standard InChI is InChI=1S/C15H14N2O4S/c18-10-3-1-2-4-13(10)22-15-17-16-14(21-15)9-5-6-11-12(7-9)20-8-19-11/h5-7,13H,1-4,8H2/t13-/m1/s1. The van der Waals surface area contributed by atoms with E-state index in [2.05, 4.69) is 10.2 Å². The van der Waals surface area contributed by atoms with Gasteiger partial charge in [0.1, 0.15) is 5.78 Å². The fourth-order valence-electron chi connectivity index (χ4n) is 2.60. The Labute approximate surface area is 131 Å². The molecule has 1 aromatic heterocycles. The van der Waals surface area contributed by atoms with E-state index in [4.69, 9.17) is 13.9 Å². The highest BCUT2D eigenvalue weighted by molar-refractivity contribution is 8.00. The van der Waals surface area contributed by atoms with E-state index in [1.54, 1.807) is 0 Å². The minimum atomic E-state index is -0.0567. The first kappa shape index (κ1) is 13.6. The smallest absolute Gasteiger partial charge is 0.277 e. The fourth-order valence-corrected chi connectivity index (χ4v) is 3.59. The fraction of sp³-hybridized carbons (Fsp3) is 0.400. The van der Waals surface area contributed by atoms with E-state index in [1.165, 1.54) is 11.8 Å². The number of benzene rings is 1. The van der Waals surface area contributed by atoms with E-state index in [9.17, 15) is 4.79 Å². The van der Waals surface area contributed by atoms with Gasteiger partial charge < -0.3 is 13.9 Å². The highest BCUT2D eigenvalue weighted by Crippen LogP contribution is 2.37. The zero-order chi connectivity index (χ0) is 14.9. The zero-order valence-electron chi connectivity index (χ0n) is 11.8. The van der Waals surface area contributed by atoms with Crippen LogP contribution in [0.1, 0.15) is 25.7 Å². The largest absolute Gasteiger partial charge is 0.454 e. The molecule has 1 atom stereocenters. The minimum absolute atomic E-state index is 0.0567. The molecular formula is C15H14N2O4S. The van der Waals surface area contributed by atoms with Crippen molar-refractivity contribution in [1.29, 1.82) is 0 Å². The highest BCUT2D eigenvalue weighted by Gasteiger charge is 2.25. The van der Waals surface area contributed by atoms with Crippen molar-refractivity contribution in [3.63, 3.8) is 0 Å². The van der Waals surface area contributed by atoms with Gasteiger partial charge in [0.05, 0.1) is 5.25 Å². The van der Waals surface area contributed by atoms with Crippen molar-refractivity contribution >= 4 is 17.5 Å². The van der Waals surface area contributed by atoms with Crippen LogP contribution in [0.25, 0.3) is 11.5 Å². The van der Waals surface area contributed by atoms with Gasteiger partial charge in [-0.2, -0.15) is 0 Å². The SMILES string of the molecule is O=C1CCCC[C@H]1Sc1nnc(-c2ccc3c(c2)OCO3)o1. The second kappa shape index (κ2) is 5.64. The Morgan fingerprint density at radius 2 is 2.05 bits per heavy atom. The molecule has 22 heavy (non-hydrogen) atoms. The zero-order valence-corrected chi connectivity index (χ0v) is 12.6. The molecule has 1 aliphatic carbocycles. The number of fused-ring (bicyclic) bond motifs is 1. The Kier molecular flexibility index (Phi) is 3.49. The monoisotopic (exact) mass is 318 g/mol. The third-order valence-corrected chi connectivity index (χ3v) is 4.92. The van der Waals surface area contributed by atoms with Gasteiger partial charge >= 0.3 is 0 Å². The number of hydrogen-bond donors (Lipinski definition) is 0. The molecule has 0 bridgehead atoms. The molecule has 0 N–H and O–H groups in total. The second-order valence-electron chi connectivity index (χ2n) is 5.26. The Morgan fingerprint density at radius 1 is 1.14 bits per heavy atom. The minimum Gasteiger partial charge on any atom is -0.454 e. The van der Waals surface area contributed by atoms with E-state index in [0.717, 1.165) is 24.8 Å². The van der Waals surface area contributed by atoms with Gasteiger partial charge in [-0.1, -0.05) is 18.2 Å². The predicted octanol–water partition coefficient (Wildman–Crippen LogP) is 3.07. The maximum Gasteiger partial charge on any atom is 0.277 e. The number of carbonyl (C=O) groups is 1. The summed E-state index contributed by atoms with van der Waals surface area (Å²) in [6.45, 7) is 0.230. The van der Waals surface area contributed by atoms with E-state index < -0.39 is 0 Å². The van der Waals surface area contributed by atoms with Gasteiger partial charge in [0.25, 0.3) is 5.22 Å². The molecule has 7 heteroatoms. The maximum atomic E-state index is 11.9. The van der Waals surface area contributed by atoms with Gasteiger partial charge in [-0.25, -0.2) is 0 Å². The Morgan fingerprint density at radius 3 is 2.95 bits per heavy atom. The molecule has 0 unspecified atom stereocenters. The summed E-state index contributed by atoms with van der Waals surface area (Å²) in [7, 11) is 0. The van der Waals surface area contributed by atoms with Crippen molar-refractivity contribution in [3.05, 3.63) is 18.2 Å². The number of ketones is 1. The first-order valence-corrected chi connectivity index (χ1v) is 8.10. The summed E-state index contributed by atoms with van der Waals surface area (Å²) in [5.41, 5.74) is 0.776. The molecule has 2 heterocycles. The number of aromatic nitrogens is 2. The predicted molar refractivity (Wildman–Crippen MR) is 79.0 cm³/mol. The number of thioether (sulfide) groups is 1. The van der Waals surface area contributed by atoms with Gasteiger partial charge in [-0.05, 0) is 31.0 Å². The third-order valence-electron chi connectivity index (χ3n) is 3.77. The lowest BCUT2D eigenvalue weighted by Gasteiger charge is -2.17. The Hall–Kier alpha value is -2.02. The molecule has 4 rings (SSSR count). The molecule has 1 aromatic carbocycles. The lowest BCUT2D eigenvalue weighted by molar-refractivity contribution is -0.119. The van der Waals surface area contributed by atoms with Crippen LogP contribution >= 0.6 is 11.8 Å². The molecule has 2 aromatic rings. The highest BCUT2D eigenvalue weighted by atomic mass is 32.2. The van der Waals surface area contributed by atoms with Crippen molar-refractivity contribution < 1.29 is 18.7 Å². The van der Waals surface area contributed by atoms with Crippen LogP contribution in [0.3, 0.4) is 0 Å². The second-order valence-corrected chi connectivity index (χ2v) is 6.41. The molecule has 2 aliphatic rings. The van der Waals surface area contributed by atoms with Gasteiger partial charge in [0.2, 0.25) is 12.7 Å². The van der Waals surface area contributed by atoms with Crippen LogP contribution in [0.4, 0.5) is 0 Å². The molecule has 0 amide bonds. The quantitative estimate of drug-likeness (QED) is 0.861. The number of hydrogen-bond acceptors (Lipinski definition) is 7. The molecule has 6 nitrogen and oxygen atoms in total. The van der Waals surface area contributed by atoms with Crippen LogP contribution in [-0.4, -0.2) is 28.0 Å². The van der Waals surface area contributed by atoms with Crippen molar-refractivity contribution in [3.8, 4) is 23.0 Å². The first-order chi connectivity index (χ1) is 10.8. The normalized spacial score (nSPS) is 20.4. The Balaban J connectivity index is 1.52. The molecule has 0 saturated heterocycles. The molecule has 0 radical (unpaired) electrons. The number of rotatable bonds is 3. The third kappa shape index (κ3) is 2.56. The van der Waals surface area contributed by atoms with Gasteiger partial charge in [-0.3, -0.25) is 4.79 Å². The van der Waals surface area contributed by atoms with Crippen LogP contribution < -0.4 is 9.47 Å². The summed E-state index contributed by atoms with van der Waals surface area (Å²) in [5.74, 6) is 2.08. The molecule has 1 saturated carbocycles. The van der Waals surface area contributed by atoms with E-state index in [0.29, 0.717) is 29.0 Å². The van der Waals surface area contributed by atoms with Gasteiger partial charge in [0, 0.05) is 12.0 Å². The van der Waals surface area contributed by atoms with Gasteiger partial charge in [-0.15, -0.1) is 10.2 Å². The summed E-state index contributed by atoms with van der Waals surface area (Å²) in [6.07, 6.45) is 3.60. The van der Waals surface area contributed by atoms with Crippen molar-refractivity contribution in [2.45, 2.75) is 36.2 Å². The van der Waals surface area contributed by atoms with Crippen molar-refractivity contribution in [2.24, 2.45) is 0 Å². The number of Topliss-reactive ketones (excluding diaryl/α,β-unsaturated/α-hetero) is 1. The average Bonchev–Trinajstić information content (AvgIpc) is 3.17. The Bertz CT molecular complexity index is 715. The topological polar surface area (TPSA) is 74.5 Å². The number of ether oxygens (including phenoxy) is 2. The number of nitrogens with zero attached hydrogens (tertiary/aromatic N) is 2. The summed E-state index contributed by atoms with van der Waals surface area (Å²) in [4.78, 5) is 11.9. The van der Waals surface area contributed by atoms with Gasteiger partial charge in [0.15, 0.2) is 11.5 Å². The van der Waals surface area contributed by atoms with Crippen LogP contribution in [-0.2, 0) is 4.79 Å². The molecule has 0 spiro atoms. The molecular weight excluding hydrogens is 304 g/mol. The van der Waals surface area contributed by atoms with Crippen molar-refractivity contribution in [1.82, 2.24) is 10.2 Å². The van der Waals surface area contributed by atoms with Crippen LogP contribution in [0.2, 0.25) is 0 Å². The summed E-state index contributed by atoms with van der Waals surface area (Å²) in [6, 6.07) is 5.48. The average molecular weight is 318 g/mol. The molecule has 1 aliphatic heterocycles. The maximum absolute atomic E-state index is 11.9. The van der Waals surface area contributed by atoms with Crippen LogP contribution in [0.15, 0.2) is 27.8 Å². The molecule has 114 valence electrons. The summed E-state index contributed by atoms with van der Waals surface area (Å²) in [5, 5.41) is 8.48. The molecule has 1 fully saturated rings. The summed E-state index contributed by atoms with van der Waals surface area (Å²) >= 11 is 1.37. The first-order valence-electron chi connectivity index (χ1n) is 7.22. The van der Waals surface area contributed by atoms with E-state index >= 15 is 0 Å². The van der Waals surface area contributed by atoms with Crippen molar-refractivity contribution in [2.75, 3.05) is 6.79 Å². The van der Waals surface area contributed by atoms with Crippen LogP contribution in [0, 0.1) is 0 Å². The lowest BCUT2D eigenvalue weighted by atomic mass is 9.99. The van der Waals surface area contributed by atoms with E-state index in [-0.39, 0.29) is 17.8 Å². The number of carbonyl (C=O) groups excluding carboxylic acids is 1. The van der Waals surface area contributed by atoms with Crippen LogP contribution in [0.5, 0.6) is 11.5 Å². The lowest BCUT2D eigenvalue weighted by Crippen LogP contribution is -2.21.